The van der Waals surface area contributed by atoms with Crippen molar-refractivity contribution in [3.63, 3.8) is 0 Å². The third-order valence-electron chi connectivity index (χ3n) is 3.31. The first-order chi connectivity index (χ1) is 10.2. The number of pyridine rings is 1. The van der Waals surface area contributed by atoms with Crippen LogP contribution >= 0.6 is 0 Å². The molecule has 0 amide bonds. The Balaban J connectivity index is 1.80. The zero-order valence-electron chi connectivity index (χ0n) is 11.8. The number of nitrogen functional groups attached to an aromatic ring is 1. The van der Waals surface area contributed by atoms with Gasteiger partial charge in [-0.05, 0) is 35.7 Å². The van der Waals surface area contributed by atoms with Crippen molar-refractivity contribution in [2.45, 2.75) is 6.92 Å². The third-order valence-corrected chi connectivity index (χ3v) is 3.31. The highest BCUT2D eigenvalue weighted by atomic mass is 16.5. The molecule has 0 aliphatic heterocycles. The predicted molar refractivity (Wildman–Crippen MR) is 85.3 cm³/mol. The Kier molecular flexibility index (Phi) is 3.56. The molecule has 0 unspecified atom stereocenters. The van der Waals surface area contributed by atoms with Gasteiger partial charge in [0.15, 0.2) is 0 Å². The van der Waals surface area contributed by atoms with Gasteiger partial charge in [0, 0.05) is 6.07 Å². The first kappa shape index (κ1) is 13.2. The van der Waals surface area contributed by atoms with Crippen LogP contribution in [0, 0.1) is 6.92 Å². The Hall–Kier alpha value is -2.81. The Labute approximate surface area is 124 Å². The minimum atomic E-state index is 0.550. The summed E-state index contributed by atoms with van der Waals surface area (Å²) in [6.07, 6.45) is 1.61. The lowest BCUT2D eigenvalue weighted by Gasteiger charge is -2.07. The van der Waals surface area contributed by atoms with E-state index in [1.54, 1.807) is 6.20 Å². The van der Waals surface area contributed by atoms with Crippen molar-refractivity contribution in [2.75, 3.05) is 5.73 Å². The molecule has 21 heavy (non-hydrogen) atoms. The topological polar surface area (TPSA) is 48.1 Å². The number of hydrogen-bond donors (Lipinski definition) is 1. The quantitative estimate of drug-likeness (QED) is 0.769. The molecule has 2 aromatic carbocycles. The maximum absolute atomic E-state index is 5.75. The van der Waals surface area contributed by atoms with Crippen LogP contribution in [0.4, 0.5) is 5.69 Å². The summed E-state index contributed by atoms with van der Waals surface area (Å²) in [5.41, 5.74) is 9.72. The Morgan fingerprint density at radius 3 is 2.24 bits per heavy atom. The van der Waals surface area contributed by atoms with Crippen molar-refractivity contribution < 1.29 is 4.74 Å². The lowest BCUT2D eigenvalue weighted by Crippen LogP contribution is -1.93. The Morgan fingerprint density at radius 1 is 0.905 bits per heavy atom. The molecule has 0 bridgehead atoms. The molecule has 1 heterocycles. The van der Waals surface area contributed by atoms with Crippen LogP contribution in [0.5, 0.6) is 11.6 Å². The van der Waals surface area contributed by atoms with Gasteiger partial charge in [-0.2, -0.15) is 0 Å². The van der Waals surface area contributed by atoms with Gasteiger partial charge in [-0.25, -0.2) is 4.98 Å². The lowest BCUT2D eigenvalue weighted by molar-refractivity contribution is 0.463. The second-order valence-electron chi connectivity index (χ2n) is 4.87. The van der Waals surface area contributed by atoms with E-state index in [0.29, 0.717) is 11.6 Å². The zero-order valence-corrected chi connectivity index (χ0v) is 11.8. The highest BCUT2D eigenvalue weighted by molar-refractivity contribution is 5.64. The zero-order chi connectivity index (χ0) is 14.7. The van der Waals surface area contributed by atoms with Gasteiger partial charge in [-0.1, -0.05) is 42.5 Å². The van der Waals surface area contributed by atoms with Crippen LogP contribution < -0.4 is 10.5 Å². The van der Waals surface area contributed by atoms with E-state index in [9.17, 15) is 0 Å². The molecule has 104 valence electrons. The van der Waals surface area contributed by atoms with Gasteiger partial charge in [0.2, 0.25) is 5.88 Å². The molecule has 0 aliphatic carbocycles. The molecule has 3 nitrogen and oxygen atoms in total. The number of anilines is 1. The molecule has 0 fully saturated rings. The number of nitrogens with two attached hydrogens (primary N) is 1. The van der Waals surface area contributed by atoms with E-state index in [4.69, 9.17) is 10.5 Å². The predicted octanol–water partition coefficient (Wildman–Crippen LogP) is 4.43. The molecule has 0 saturated carbocycles. The summed E-state index contributed by atoms with van der Waals surface area (Å²) >= 11 is 0. The first-order valence-corrected chi connectivity index (χ1v) is 6.78. The molecule has 3 rings (SSSR count). The summed E-state index contributed by atoms with van der Waals surface area (Å²) in [5, 5.41) is 0. The van der Waals surface area contributed by atoms with E-state index in [1.165, 1.54) is 5.56 Å². The largest absolute Gasteiger partial charge is 0.439 e. The first-order valence-electron chi connectivity index (χ1n) is 6.78. The van der Waals surface area contributed by atoms with Crippen LogP contribution in [0.25, 0.3) is 11.1 Å². The second kappa shape index (κ2) is 5.67. The van der Waals surface area contributed by atoms with Crippen LogP contribution in [0.3, 0.4) is 0 Å². The number of ether oxygens (including phenoxy) is 1. The van der Waals surface area contributed by atoms with Gasteiger partial charge < -0.3 is 10.5 Å². The molecule has 0 aliphatic rings. The molecule has 3 aromatic rings. The summed E-state index contributed by atoms with van der Waals surface area (Å²) in [7, 11) is 0. The van der Waals surface area contributed by atoms with Crippen LogP contribution in [0.2, 0.25) is 0 Å². The minimum absolute atomic E-state index is 0.550. The van der Waals surface area contributed by atoms with E-state index >= 15 is 0 Å². The number of nitrogens with zero attached hydrogens (tertiary/aromatic N) is 1. The highest BCUT2D eigenvalue weighted by Gasteiger charge is 2.02. The van der Waals surface area contributed by atoms with Crippen molar-refractivity contribution >= 4 is 5.69 Å². The van der Waals surface area contributed by atoms with E-state index in [-0.39, 0.29) is 0 Å². The molecule has 1 aromatic heterocycles. The minimum Gasteiger partial charge on any atom is -0.439 e. The van der Waals surface area contributed by atoms with E-state index in [0.717, 1.165) is 16.9 Å². The average Bonchev–Trinajstić information content (AvgIpc) is 2.53. The van der Waals surface area contributed by atoms with E-state index < -0.39 is 0 Å². The van der Waals surface area contributed by atoms with E-state index in [1.807, 2.05) is 55.5 Å². The van der Waals surface area contributed by atoms with Gasteiger partial charge in [-0.15, -0.1) is 0 Å². The fourth-order valence-corrected chi connectivity index (χ4v) is 2.06. The normalized spacial score (nSPS) is 10.3. The maximum atomic E-state index is 5.75. The van der Waals surface area contributed by atoms with Gasteiger partial charge in [0.25, 0.3) is 0 Å². The van der Waals surface area contributed by atoms with Crippen molar-refractivity contribution in [2.24, 2.45) is 0 Å². The van der Waals surface area contributed by atoms with Gasteiger partial charge >= 0.3 is 0 Å². The number of rotatable bonds is 3. The molecule has 0 saturated heterocycles. The standard InChI is InChI=1S/C18H16N2O/c1-13-11-18(20-12-17(13)19)21-16-9-7-15(8-10-16)14-5-3-2-4-6-14/h2-12H,19H2,1H3. The lowest BCUT2D eigenvalue weighted by atomic mass is 10.1. The molecular weight excluding hydrogens is 260 g/mol. The molecule has 2 N–H and O–H groups in total. The summed E-state index contributed by atoms with van der Waals surface area (Å²) in [4.78, 5) is 4.17. The summed E-state index contributed by atoms with van der Waals surface area (Å²) in [6, 6.07) is 20.0. The van der Waals surface area contributed by atoms with Crippen LogP contribution in [0.15, 0.2) is 66.9 Å². The van der Waals surface area contributed by atoms with E-state index in [2.05, 4.69) is 17.1 Å². The smallest absolute Gasteiger partial charge is 0.219 e. The summed E-state index contributed by atoms with van der Waals surface area (Å²) in [5.74, 6) is 1.31. The maximum Gasteiger partial charge on any atom is 0.219 e. The Bertz CT molecular complexity index is 737. The summed E-state index contributed by atoms with van der Waals surface area (Å²) < 4.78 is 5.74. The number of aromatic nitrogens is 1. The number of benzene rings is 2. The monoisotopic (exact) mass is 276 g/mol. The molecule has 0 radical (unpaired) electrons. The number of aryl methyl sites for hydroxylation is 1. The van der Waals surface area contributed by atoms with Crippen LogP contribution in [-0.4, -0.2) is 4.98 Å². The Morgan fingerprint density at radius 2 is 1.57 bits per heavy atom. The van der Waals surface area contributed by atoms with Gasteiger partial charge in [-0.3, -0.25) is 0 Å². The molecule has 0 atom stereocenters. The highest BCUT2D eigenvalue weighted by Crippen LogP contribution is 2.25. The van der Waals surface area contributed by atoms with Crippen LogP contribution in [0.1, 0.15) is 5.56 Å². The fraction of sp³-hybridized carbons (Fsp3) is 0.0556. The SMILES string of the molecule is Cc1cc(Oc2ccc(-c3ccccc3)cc2)ncc1N. The van der Waals surface area contributed by atoms with Crippen molar-refractivity contribution in [3.8, 4) is 22.8 Å². The molecular formula is C18H16N2O. The van der Waals surface area contributed by atoms with Crippen molar-refractivity contribution in [1.82, 2.24) is 4.98 Å². The van der Waals surface area contributed by atoms with Gasteiger partial charge in [0.05, 0.1) is 11.9 Å². The summed E-state index contributed by atoms with van der Waals surface area (Å²) in [6.45, 7) is 1.93. The van der Waals surface area contributed by atoms with Crippen LogP contribution in [-0.2, 0) is 0 Å². The van der Waals surface area contributed by atoms with Crippen molar-refractivity contribution in [1.29, 1.82) is 0 Å². The second-order valence-corrected chi connectivity index (χ2v) is 4.87. The van der Waals surface area contributed by atoms with Crippen molar-refractivity contribution in [3.05, 3.63) is 72.4 Å². The average molecular weight is 276 g/mol. The molecule has 0 spiro atoms. The third kappa shape index (κ3) is 3.03. The molecule has 3 heteroatoms. The number of hydrogen-bond acceptors (Lipinski definition) is 3. The van der Waals surface area contributed by atoms with Gasteiger partial charge in [0.1, 0.15) is 5.75 Å². The fourth-order valence-electron chi connectivity index (χ4n) is 2.06.